The molecule has 0 aliphatic heterocycles. The van der Waals surface area contributed by atoms with Crippen molar-refractivity contribution in [1.29, 1.82) is 0 Å². The van der Waals surface area contributed by atoms with Gasteiger partial charge in [0.2, 0.25) is 0 Å². The Labute approximate surface area is 109 Å². The highest BCUT2D eigenvalue weighted by Gasteiger charge is 2.11. The van der Waals surface area contributed by atoms with Gasteiger partial charge in [0.05, 0.1) is 0 Å². The van der Waals surface area contributed by atoms with Gasteiger partial charge < -0.3 is 5.73 Å². The van der Waals surface area contributed by atoms with E-state index in [1.807, 2.05) is 37.5 Å². The van der Waals surface area contributed by atoms with Gasteiger partial charge in [0.15, 0.2) is 0 Å². The first-order valence-electron chi connectivity index (χ1n) is 5.81. The smallest absolute Gasteiger partial charge is 0.142 e. The molecule has 1 aromatic carbocycles. The van der Waals surface area contributed by atoms with E-state index < -0.39 is 0 Å². The molecular formula is C14H13N3S. The Morgan fingerprint density at radius 1 is 1.17 bits per heavy atom. The quantitative estimate of drug-likeness (QED) is 0.763. The van der Waals surface area contributed by atoms with Crippen LogP contribution in [0, 0.1) is 0 Å². The fourth-order valence-corrected chi connectivity index (χ4v) is 2.78. The fourth-order valence-electron chi connectivity index (χ4n) is 1.90. The molecule has 3 aromatic rings. The standard InChI is InChI=1S/C14H13N3S/c1-9(15)12-8-17-14(18-12)13-11-5-3-2-4-10(11)6-7-16-13/h2-9H,15H2,1H3. The van der Waals surface area contributed by atoms with Gasteiger partial charge in [-0.3, -0.25) is 4.98 Å². The van der Waals surface area contributed by atoms with Gasteiger partial charge in [0.1, 0.15) is 10.7 Å². The molecule has 4 heteroatoms. The predicted octanol–water partition coefficient (Wildman–Crippen LogP) is 3.38. The van der Waals surface area contributed by atoms with Crippen molar-refractivity contribution in [3.63, 3.8) is 0 Å². The van der Waals surface area contributed by atoms with E-state index in [4.69, 9.17) is 5.73 Å². The topological polar surface area (TPSA) is 51.8 Å². The van der Waals surface area contributed by atoms with Crippen molar-refractivity contribution in [2.24, 2.45) is 5.73 Å². The Morgan fingerprint density at radius 3 is 2.78 bits per heavy atom. The minimum absolute atomic E-state index is 0.0197. The Balaban J connectivity index is 2.18. The maximum atomic E-state index is 5.87. The minimum atomic E-state index is 0.0197. The van der Waals surface area contributed by atoms with Crippen molar-refractivity contribution in [2.75, 3.05) is 0 Å². The molecule has 90 valence electrons. The van der Waals surface area contributed by atoms with E-state index in [-0.39, 0.29) is 6.04 Å². The van der Waals surface area contributed by atoms with Gasteiger partial charge in [-0.25, -0.2) is 4.98 Å². The van der Waals surface area contributed by atoms with Crippen LogP contribution in [0.3, 0.4) is 0 Å². The van der Waals surface area contributed by atoms with Crippen LogP contribution in [0.5, 0.6) is 0 Å². The molecule has 2 N–H and O–H groups in total. The number of aromatic nitrogens is 2. The van der Waals surface area contributed by atoms with E-state index in [2.05, 4.69) is 22.1 Å². The zero-order chi connectivity index (χ0) is 12.5. The number of rotatable bonds is 2. The minimum Gasteiger partial charge on any atom is -0.323 e. The molecule has 0 bridgehead atoms. The lowest BCUT2D eigenvalue weighted by Gasteiger charge is -2.02. The summed E-state index contributed by atoms with van der Waals surface area (Å²) in [6, 6.07) is 10.2. The number of benzene rings is 1. The van der Waals surface area contributed by atoms with Crippen LogP contribution < -0.4 is 5.73 Å². The summed E-state index contributed by atoms with van der Waals surface area (Å²) in [5, 5.41) is 3.24. The third-order valence-corrected chi connectivity index (χ3v) is 4.05. The van der Waals surface area contributed by atoms with Crippen molar-refractivity contribution in [1.82, 2.24) is 9.97 Å². The second-order valence-electron chi connectivity index (χ2n) is 4.24. The lowest BCUT2D eigenvalue weighted by Crippen LogP contribution is -2.01. The SMILES string of the molecule is CC(N)c1cnc(-c2nccc3ccccc23)s1. The van der Waals surface area contributed by atoms with Gasteiger partial charge in [-0.05, 0) is 18.4 Å². The van der Waals surface area contributed by atoms with Crippen LogP contribution in [-0.2, 0) is 0 Å². The van der Waals surface area contributed by atoms with Crippen LogP contribution in [0.2, 0.25) is 0 Å². The number of thiazole rings is 1. The second kappa shape index (κ2) is 4.48. The average Bonchev–Trinajstić information content (AvgIpc) is 2.87. The molecule has 0 fully saturated rings. The monoisotopic (exact) mass is 255 g/mol. The molecule has 0 saturated carbocycles. The summed E-state index contributed by atoms with van der Waals surface area (Å²) in [6.45, 7) is 1.97. The van der Waals surface area contributed by atoms with Crippen LogP contribution in [-0.4, -0.2) is 9.97 Å². The van der Waals surface area contributed by atoms with Crippen LogP contribution in [0.4, 0.5) is 0 Å². The van der Waals surface area contributed by atoms with Gasteiger partial charge in [0.25, 0.3) is 0 Å². The maximum absolute atomic E-state index is 5.87. The molecule has 2 aromatic heterocycles. The third kappa shape index (κ3) is 1.89. The first-order valence-corrected chi connectivity index (χ1v) is 6.63. The number of hydrogen-bond acceptors (Lipinski definition) is 4. The van der Waals surface area contributed by atoms with Crippen molar-refractivity contribution in [2.45, 2.75) is 13.0 Å². The van der Waals surface area contributed by atoms with Gasteiger partial charge in [-0.1, -0.05) is 24.3 Å². The summed E-state index contributed by atoms with van der Waals surface area (Å²) in [5.41, 5.74) is 6.80. The first-order chi connectivity index (χ1) is 8.75. The molecule has 0 radical (unpaired) electrons. The first kappa shape index (κ1) is 11.3. The van der Waals surface area contributed by atoms with E-state index in [9.17, 15) is 0 Å². The Kier molecular flexibility index (Phi) is 2.81. The molecule has 0 amide bonds. The molecule has 0 spiro atoms. The van der Waals surface area contributed by atoms with Gasteiger partial charge in [-0.2, -0.15) is 0 Å². The van der Waals surface area contributed by atoms with E-state index in [0.29, 0.717) is 0 Å². The number of hydrogen-bond donors (Lipinski definition) is 1. The summed E-state index contributed by atoms with van der Waals surface area (Å²) in [7, 11) is 0. The number of nitrogens with two attached hydrogens (primary N) is 1. The predicted molar refractivity (Wildman–Crippen MR) is 75.5 cm³/mol. The normalized spacial score (nSPS) is 12.8. The molecule has 3 nitrogen and oxygen atoms in total. The summed E-state index contributed by atoms with van der Waals surface area (Å²) >= 11 is 1.61. The average molecular weight is 255 g/mol. The zero-order valence-corrected chi connectivity index (χ0v) is 10.8. The Hall–Kier alpha value is -1.78. The van der Waals surface area contributed by atoms with E-state index >= 15 is 0 Å². The molecular weight excluding hydrogens is 242 g/mol. The lowest BCUT2D eigenvalue weighted by atomic mass is 10.1. The summed E-state index contributed by atoms with van der Waals surface area (Å²) in [5.74, 6) is 0. The number of nitrogens with zero attached hydrogens (tertiary/aromatic N) is 2. The van der Waals surface area contributed by atoms with Gasteiger partial charge in [-0.15, -0.1) is 11.3 Å². The van der Waals surface area contributed by atoms with Crippen LogP contribution in [0.1, 0.15) is 17.8 Å². The molecule has 2 heterocycles. The van der Waals surface area contributed by atoms with Crippen LogP contribution in [0.25, 0.3) is 21.5 Å². The second-order valence-corrected chi connectivity index (χ2v) is 5.30. The third-order valence-electron chi connectivity index (χ3n) is 2.85. The van der Waals surface area contributed by atoms with Gasteiger partial charge in [0, 0.05) is 28.7 Å². The van der Waals surface area contributed by atoms with Crippen LogP contribution in [0.15, 0.2) is 42.7 Å². The number of pyridine rings is 1. The van der Waals surface area contributed by atoms with Gasteiger partial charge >= 0.3 is 0 Å². The van der Waals surface area contributed by atoms with Crippen molar-refractivity contribution >= 4 is 22.1 Å². The van der Waals surface area contributed by atoms with Crippen molar-refractivity contribution in [3.05, 3.63) is 47.6 Å². The molecule has 0 saturated heterocycles. The molecule has 18 heavy (non-hydrogen) atoms. The number of fused-ring (bicyclic) bond motifs is 1. The lowest BCUT2D eigenvalue weighted by molar-refractivity contribution is 0.835. The van der Waals surface area contributed by atoms with Crippen molar-refractivity contribution in [3.8, 4) is 10.7 Å². The highest BCUT2D eigenvalue weighted by atomic mass is 32.1. The fraction of sp³-hybridized carbons (Fsp3) is 0.143. The highest BCUT2D eigenvalue weighted by molar-refractivity contribution is 7.15. The highest BCUT2D eigenvalue weighted by Crippen LogP contribution is 2.31. The Bertz CT molecular complexity index is 683. The van der Waals surface area contributed by atoms with E-state index in [1.165, 1.54) is 5.39 Å². The molecule has 0 aliphatic carbocycles. The summed E-state index contributed by atoms with van der Waals surface area (Å²) in [6.07, 6.45) is 3.67. The van der Waals surface area contributed by atoms with Crippen LogP contribution >= 0.6 is 11.3 Å². The Morgan fingerprint density at radius 2 is 2.00 bits per heavy atom. The van der Waals surface area contributed by atoms with E-state index in [0.717, 1.165) is 21.0 Å². The van der Waals surface area contributed by atoms with Crippen molar-refractivity contribution < 1.29 is 0 Å². The molecule has 1 atom stereocenters. The molecule has 0 aliphatic rings. The van der Waals surface area contributed by atoms with E-state index in [1.54, 1.807) is 11.3 Å². The largest absolute Gasteiger partial charge is 0.323 e. The molecule has 3 rings (SSSR count). The summed E-state index contributed by atoms with van der Waals surface area (Å²) < 4.78 is 0. The maximum Gasteiger partial charge on any atom is 0.142 e. The summed E-state index contributed by atoms with van der Waals surface area (Å²) in [4.78, 5) is 9.97. The zero-order valence-electron chi connectivity index (χ0n) is 10.00. The molecule has 1 unspecified atom stereocenters.